The first-order valence-electron chi connectivity index (χ1n) is 5.87. The van der Waals surface area contributed by atoms with E-state index in [0.29, 0.717) is 11.4 Å². The van der Waals surface area contributed by atoms with Crippen LogP contribution < -0.4 is 9.62 Å². The highest BCUT2D eigenvalue weighted by atomic mass is 32.2. The molecule has 3 N–H and O–H groups in total. The molecule has 2 aromatic heterocycles. The molecule has 0 amide bonds. The minimum Gasteiger partial charge on any atom is -0.477 e. The second kappa shape index (κ2) is 5.44. The molecular formula is C12H14N4O4S. The molecule has 0 radical (unpaired) electrons. The summed E-state index contributed by atoms with van der Waals surface area (Å²) < 4.78 is 26.9. The van der Waals surface area contributed by atoms with Gasteiger partial charge in [0.1, 0.15) is 10.6 Å². The standard InChI is InChI=1S/C12H14N4O4S/c1-16(2)11-3-4-13-7-10(11)15-21(19,20)8-5-9(12(17)18)14-6-8/h3-7,14-15H,1-2H3,(H,17,18). The highest BCUT2D eigenvalue weighted by Crippen LogP contribution is 2.25. The van der Waals surface area contributed by atoms with Crippen molar-refractivity contribution in [1.29, 1.82) is 0 Å². The van der Waals surface area contributed by atoms with Crippen LogP contribution in [0.25, 0.3) is 0 Å². The summed E-state index contributed by atoms with van der Waals surface area (Å²) in [6, 6.07) is 2.72. The number of pyridine rings is 1. The van der Waals surface area contributed by atoms with Crippen LogP contribution in [0, 0.1) is 0 Å². The second-order valence-corrected chi connectivity index (χ2v) is 6.13. The minimum atomic E-state index is -3.89. The van der Waals surface area contributed by atoms with Gasteiger partial charge in [-0.1, -0.05) is 0 Å². The number of aromatic carboxylic acids is 1. The van der Waals surface area contributed by atoms with Gasteiger partial charge in [0, 0.05) is 26.5 Å². The summed E-state index contributed by atoms with van der Waals surface area (Å²) in [6.45, 7) is 0. The Bertz CT molecular complexity index is 767. The molecule has 2 rings (SSSR count). The summed E-state index contributed by atoms with van der Waals surface area (Å²) in [7, 11) is -0.354. The first-order valence-corrected chi connectivity index (χ1v) is 7.35. The number of sulfonamides is 1. The Balaban J connectivity index is 2.35. The normalized spacial score (nSPS) is 11.1. The number of hydrogen-bond acceptors (Lipinski definition) is 5. The van der Waals surface area contributed by atoms with Gasteiger partial charge >= 0.3 is 5.97 Å². The molecule has 2 heterocycles. The van der Waals surface area contributed by atoms with E-state index in [2.05, 4.69) is 14.7 Å². The van der Waals surface area contributed by atoms with Gasteiger partial charge in [0.15, 0.2) is 0 Å². The van der Waals surface area contributed by atoms with Crippen molar-refractivity contribution in [3.05, 3.63) is 36.4 Å². The van der Waals surface area contributed by atoms with E-state index in [1.165, 1.54) is 6.20 Å². The number of carbonyl (C=O) groups is 1. The molecule has 21 heavy (non-hydrogen) atoms. The van der Waals surface area contributed by atoms with Gasteiger partial charge < -0.3 is 15.0 Å². The van der Waals surface area contributed by atoms with Crippen molar-refractivity contribution in [2.24, 2.45) is 0 Å². The van der Waals surface area contributed by atoms with Gasteiger partial charge in [0.25, 0.3) is 10.0 Å². The third kappa shape index (κ3) is 3.14. The Morgan fingerprint density at radius 2 is 2.14 bits per heavy atom. The third-order valence-corrected chi connectivity index (χ3v) is 4.07. The van der Waals surface area contributed by atoms with Crippen LogP contribution in [0.1, 0.15) is 10.5 Å². The number of aromatic amines is 1. The Morgan fingerprint density at radius 3 is 2.71 bits per heavy atom. The first kappa shape index (κ1) is 14.9. The molecule has 9 heteroatoms. The van der Waals surface area contributed by atoms with Crippen molar-refractivity contribution in [2.75, 3.05) is 23.7 Å². The fourth-order valence-electron chi connectivity index (χ4n) is 1.71. The maximum atomic E-state index is 12.2. The molecule has 0 fully saturated rings. The number of rotatable bonds is 5. The lowest BCUT2D eigenvalue weighted by molar-refractivity contribution is 0.0691. The fourth-order valence-corrected chi connectivity index (χ4v) is 2.76. The molecule has 8 nitrogen and oxygen atoms in total. The van der Waals surface area contributed by atoms with E-state index in [-0.39, 0.29) is 10.6 Å². The quantitative estimate of drug-likeness (QED) is 0.758. The van der Waals surface area contributed by atoms with E-state index in [4.69, 9.17) is 5.11 Å². The number of H-pyrrole nitrogens is 1. The van der Waals surface area contributed by atoms with Crippen LogP contribution in [-0.2, 0) is 10.0 Å². The zero-order chi connectivity index (χ0) is 15.6. The zero-order valence-corrected chi connectivity index (χ0v) is 12.2. The topological polar surface area (TPSA) is 115 Å². The Morgan fingerprint density at radius 1 is 1.43 bits per heavy atom. The lowest BCUT2D eigenvalue weighted by Gasteiger charge is -2.17. The van der Waals surface area contributed by atoms with Crippen molar-refractivity contribution in [3.8, 4) is 0 Å². The molecular weight excluding hydrogens is 296 g/mol. The largest absolute Gasteiger partial charge is 0.477 e. The summed E-state index contributed by atoms with van der Waals surface area (Å²) in [4.78, 5) is 18.6. The maximum absolute atomic E-state index is 12.2. The van der Waals surface area contributed by atoms with Crippen LogP contribution in [-0.4, -0.2) is 43.6 Å². The average Bonchev–Trinajstić information content (AvgIpc) is 2.89. The Kier molecular flexibility index (Phi) is 3.85. The van der Waals surface area contributed by atoms with E-state index in [1.54, 1.807) is 31.3 Å². The average molecular weight is 310 g/mol. The zero-order valence-electron chi connectivity index (χ0n) is 11.4. The van der Waals surface area contributed by atoms with Gasteiger partial charge in [-0.3, -0.25) is 9.71 Å². The van der Waals surface area contributed by atoms with Crippen molar-refractivity contribution in [2.45, 2.75) is 4.90 Å². The van der Waals surface area contributed by atoms with Crippen LogP contribution >= 0.6 is 0 Å². The highest BCUT2D eigenvalue weighted by Gasteiger charge is 2.20. The summed E-state index contributed by atoms with van der Waals surface area (Å²) in [5.74, 6) is -1.23. The van der Waals surface area contributed by atoms with Crippen LogP contribution in [0.4, 0.5) is 11.4 Å². The minimum absolute atomic E-state index is 0.159. The predicted octanol–water partition coefficient (Wildman–Crippen LogP) is 0.975. The summed E-state index contributed by atoms with van der Waals surface area (Å²) in [5, 5.41) is 8.81. The monoisotopic (exact) mass is 310 g/mol. The summed E-state index contributed by atoms with van der Waals surface area (Å²) >= 11 is 0. The molecule has 0 aliphatic rings. The molecule has 0 aromatic carbocycles. The van der Waals surface area contributed by atoms with Gasteiger partial charge in [-0.15, -0.1) is 0 Å². The van der Waals surface area contributed by atoms with E-state index in [9.17, 15) is 13.2 Å². The number of aromatic nitrogens is 2. The molecule has 0 bridgehead atoms. The molecule has 0 aliphatic carbocycles. The number of anilines is 2. The third-order valence-electron chi connectivity index (χ3n) is 2.72. The number of nitrogens with one attached hydrogen (secondary N) is 2. The first-order chi connectivity index (χ1) is 9.81. The van der Waals surface area contributed by atoms with Crippen molar-refractivity contribution in [3.63, 3.8) is 0 Å². The Hall–Kier alpha value is -2.55. The van der Waals surface area contributed by atoms with Gasteiger partial charge in [0.2, 0.25) is 0 Å². The predicted molar refractivity (Wildman–Crippen MR) is 77.1 cm³/mol. The van der Waals surface area contributed by atoms with E-state index in [0.717, 1.165) is 12.3 Å². The number of carboxylic acid groups (broad SMARTS) is 1. The molecule has 112 valence electrons. The van der Waals surface area contributed by atoms with Crippen LogP contribution in [0.15, 0.2) is 35.6 Å². The Labute approximate surface area is 121 Å². The van der Waals surface area contributed by atoms with Gasteiger partial charge in [-0.2, -0.15) is 0 Å². The lowest BCUT2D eigenvalue weighted by atomic mass is 10.3. The molecule has 0 spiro atoms. The number of carboxylic acids is 1. The maximum Gasteiger partial charge on any atom is 0.352 e. The van der Waals surface area contributed by atoms with E-state index < -0.39 is 16.0 Å². The number of hydrogen-bond donors (Lipinski definition) is 3. The van der Waals surface area contributed by atoms with Gasteiger partial charge in [0.05, 0.1) is 17.6 Å². The molecule has 0 unspecified atom stereocenters. The molecule has 2 aromatic rings. The second-order valence-electron chi connectivity index (χ2n) is 4.45. The van der Waals surface area contributed by atoms with Crippen LogP contribution in [0.5, 0.6) is 0 Å². The van der Waals surface area contributed by atoms with Crippen molar-refractivity contribution >= 4 is 27.4 Å². The molecule has 0 saturated heterocycles. The lowest BCUT2D eigenvalue weighted by Crippen LogP contribution is -2.17. The smallest absolute Gasteiger partial charge is 0.352 e. The van der Waals surface area contributed by atoms with Gasteiger partial charge in [-0.25, -0.2) is 13.2 Å². The summed E-state index contributed by atoms with van der Waals surface area (Å²) in [5.41, 5.74) is 0.748. The summed E-state index contributed by atoms with van der Waals surface area (Å²) in [6.07, 6.45) is 4.06. The van der Waals surface area contributed by atoms with Crippen molar-refractivity contribution in [1.82, 2.24) is 9.97 Å². The fraction of sp³-hybridized carbons (Fsp3) is 0.167. The van der Waals surface area contributed by atoms with Gasteiger partial charge in [-0.05, 0) is 12.1 Å². The van der Waals surface area contributed by atoms with Crippen molar-refractivity contribution < 1.29 is 18.3 Å². The van der Waals surface area contributed by atoms with E-state index >= 15 is 0 Å². The number of nitrogens with zero attached hydrogens (tertiary/aromatic N) is 2. The SMILES string of the molecule is CN(C)c1ccncc1NS(=O)(=O)c1c[nH]c(C(=O)O)c1. The van der Waals surface area contributed by atoms with Crippen LogP contribution in [0.3, 0.4) is 0 Å². The molecule has 0 aliphatic heterocycles. The highest BCUT2D eigenvalue weighted by molar-refractivity contribution is 7.92. The van der Waals surface area contributed by atoms with Crippen LogP contribution in [0.2, 0.25) is 0 Å². The molecule has 0 atom stereocenters. The van der Waals surface area contributed by atoms with E-state index in [1.807, 2.05) is 0 Å². The molecule has 0 saturated carbocycles.